The van der Waals surface area contributed by atoms with E-state index in [1.165, 1.54) is 0 Å². The van der Waals surface area contributed by atoms with Gasteiger partial charge in [-0.2, -0.15) is 0 Å². The first kappa shape index (κ1) is 22.5. The van der Waals surface area contributed by atoms with E-state index in [4.69, 9.17) is 9.47 Å². The van der Waals surface area contributed by atoms with E-state index in [1.807, 2.05) is 54.6 Å². The Kier molecular flexibility index (Phi) is 6.40. The lowest BCUT2D eigenvalue weighted by molar-refractivity contribution is -0.127. The highest BCUT2D eigenvalue weighted by Gasteiger charge is 2.36. The molecule has 4 aromatic rings. The number of ether oxygens (including phenoxy) is 2. The van der Waals surface area contributed by atoms with Crippen molar-refractivity contribution < 1.29 is 19.1 Å². The zero-order valence-electron chi connectivity index (χ0n) is 18.9. The lowest BCUT2D eigenvalue weighted by Crippen LogP contribution is -2.50. The van der Waals surface area contributed by atoms with Crippen molar-refractivity contribution in [1.82, 2.24) is 14.9 Å². The summed E-state index contributed by atoms with van der Waals surface area (Å²) in [6.07, 6.45) is -0.858. The summed E-state index contributed by atoms with van der Waals surface area (Å²) in [5.74, 6) is 0.591. The zero-order chi connectivity index (χ0) is 24.2. The minimum Gasteiger partial charge on any atom is -0.497 e. The van der Waals surface area contributed by atoms with Crippen molar-refractivity contribution in [3.8, 4) is 22.8 Å². The number of anilines is 1. The van der Waals surface area contributed by atoms with Crippen molar-refractivity contribution >= 4 is 29.0 Å². The number of hydrogen-bond acceptors (Lipinski definition) is 7. The molecule has 1 aliphatic heterocycles. The number of hydrogen-bond donors (Lipinski definition) is 1. The van der Waals surface area contributed by atoms with Crippen molar-refractivity contribution in [2.75, 3.05) is 18.6 Å². The third kappa shape index (κ3) is 4.71. The number of amides is 2. The Morgan fingerprint density at radius 3 is 2.57 bits per heavy atom. The van der Waals surface area contributed by atoms with E-state index in [0.717, 1.165) is 22.7 Å². The van der Waals surface area contributed by atoms with Crippen LogP contribution in [0.25, 0.3) is 11.3 Å². The summed E-state index contributed by atoms with van der Waals surface area (Å²) in [5, 5.41) is 7.11. The van der Waals surface area contributed by atoms with Crippen LogP contribution < -0.4 is 19.7 Å². The molecule has 0 unspecified atom stereocenters. The third-order valence-corrected chi connectivity index (χ3v) is 6.38. The van der Waals surface area contributed by atoms with Crippen LogP contribution in [0.15, 0.2) is 78.9 Å². The van der Waals surface area contributed by atoms with Crippen molar-refractivity contribution in [2.24, 2.45) is 0 Å². The molecule has 3 aromatic carbocycles. The van der Waals surface area contributed by atoms with Crippen LogP contribution >= 0.6 is 11.5 Å². The molecule has 0 saturated carbocycles. The van der Waals surface area contributed by atoms with Crippen LogP contribution in [0, 0.1) is 0 Å². The molecule has 9 heteroatoms. The topological polar surface area (TPSA) is 93.7 Å². The molecule has 8 nitrogen and oxygen atoms in total. The molecule has 176 valence electrons. The second kappa shape index (κ2) is 9.94. The number of nitrogens with one attached hydrogen (secondary N) is 1. The van der Waals surface area contributed by atoms with Gasteiger partial charge in [0.05, 0.1) is 19.3 Å². The Balaban J connectivity index is 1.40. The van der Waals surface area contributed by atoms with Crippen molar-refractivity contribution in [1.29, 1.82) is 0 Å². The Bertz CT molecular complexity index is 1340. The van der Waals surface area contributed by atoms with Crippen LogP contribution in [0.4, 0.5) is 5.69 Å². The van der Waals surface area contributed by atoms with Crippen molar-refractivity contribution in [2.45, 2.75) is 12.6 Å². The molecule has 2 amide bonds. The molecule has 5 rings (SSSR count). The fourth-order valence-electron chi connectivity index (χ4n) is 3.85. The number of para-hydroxylation sites is 2. The Morgan fingerprint density at radius 2 is 1.80 bits per heavy atom. The minimum atomic E-state index is -0.858. The smallest absolute Gasteiger partial charge is 0.272 e. The number of carbonyl (C=O) groups is 2. The van der Waals surface area contributed by atoms with E-state index in [9.17, 15) is 9.59 Å². The second-order valence-electron chi connectivity index (χ2n) is 7.87. The van der Waals surface area contributed by atoms with Gasteiger partial charge in [-0.05, 0) is 53.5 Å². The Hall–Kier alpha value is -4.24. The zero-order valence-corrected chi connectivity index (χ0v) is 19.7. The second-order valence-corrected chi connectivity index (χ2v) is 8.63. The summed E-state index contributed by atoms with van der Waals surface area (Å²) in [5.41, 5.74) is 2.81. The standard InChI is InChI=1S/C26H22N4O4S/c1-33-19-13-11-18(12-14-19)23-24(35-29-28-23)26(32)30-16-22(34-21-10-6-5-9-20(21)30)25(31)27-15-17-7-3-2-4-8-17/h2-14,22H,15-16H2,1H3,(H,27,31)/t22-/m1/s1. The lowest BCUT2D eigenvalue weighted by Gasteiger charge is -2.34. The van der Waals surface area contributed by atoms with Crippen LogP contribution in [0.1, 0.15) is 15.2 Å². The van der Waals surface area contributed by atoms with Crippen LogP contribution in [-0.2, 0) is 11.3 Å². The molecule has 1 N–H and O–H groups in total. The normalized spacial score (nSPS) is 14.5. The molecule has 0 saturated heterocycles. The van der Waals surface area contributed by atoms with E-state index in [0.29, 0.717) is 34.3 Å². The summed E-state index contributed by atoms with van der Waals surface area (Å²) in [6.45, 7) is 0.436. The van der Waals surface area contributed by atoms with Gasteiger partial charge < -0.3 is 14.8 Å². The Morgan fingerprint density at radius 1 is 1.06 bits per heavy atom. The van der Waals surface area contributed by atoms with Crippen LogP contribution in [-0.4, -0.2) is 41.2 Å². The predicted molar refractivity (Wildman–Crippen MR) is 133 cm³/mol. The van der Waals surface area contributed by atoms with E-state index in [2.05, 4.69) is 14.9 Å². The molecule has 0 fully saturated rings. The number of nitrogens with zero attached hydrogens (tertiary/aromatic N) is 3. The molecule has 0 radical (unpaired) electrons. The number of methoxy groups -OCH3 is 1. The van der Waals surface area contributed by atoms with Crippen LogP contribution in [0.3, 0.4) is 0 Å². The van der Waals surface area contributed by atoms with Gasteiger partial charge in [0.2, 0.25) is 0 Å². The fraction of sp³-hybridized carbons (Fsp3) is 0.154. The summed E-state index contributed by atoms with van der Waals surface area (Å²) in [4.78, 5) is 28.7. The molecular formula is C26H22N4O4S. The first-order chi connectivity index (χ1) is 17.1. The minimum absolute atomic E-state index is 0.0659. The highest BCUT2D eigenvalue weighted by atomic mass is 32.1. The molecular weight excluding hydrogens is 464 g/mol. The van der Waals surface area contributed by atoms with Crippen LogP contribution in [0.2, 0.25) is 0 Å². The van der Waals surface area contributed by atoms with Gasteiger partial charge in [0.15, 0.2) is 6.10 Å². The number of aromatic nitrogens is 2. The molecule has 35 heavy (non-hydrogen) atoms. The van der Waals surface area contributed by atoms with Gasteiger partial charge in [0.1, 0.15) is 22.1 Å². The molecule has 1 aromatic heterocycles. The number of rotatable bonds is 6. The highest BCUT2D eigenvalue weighted by Crippen LogP contribution is 2.36. The molecule has 1 aliphatic rings. The predicted octanol–water partition coefficient (Wildman–Crippen LogP) is 3.94. The summed E-state index contributed by atoms with van der Waals surface area (Å²) in [7, 11) is 1.59. The molecule has 0 aliphatic carbocycles. The van der Waals surface area contributed by atoms with Gasteiger partial charge in [-0.25, -0.2) is 0 Å². The van der Waals surface area contributed by atoms with Gasteiger partial charge in [0, 0.05) is 12.1 Å². The van der Waals surface area contributed by atoms with Crippen LogP contribution in [0.5, 0.6) is 11.5 Å². The van der Waals surface area contributed by atoms with Gasteiger partial charge in [-0.15, -0.1) is 5.10 Å². The average molecular weight is 487 g/mol. The molecule has 1 atom stereocenters. The summed E-state index contributed by atoms with van der Waals surface area (Å²) in [6, 6.07) is 24.1. The van der Waals surface area contributed by atoms with Gasteiger partial charge in [-0.1, -0.05) is 47.0 Å². The van der Waals surface area contributed by atoms with Gasteiger partial charge in [-0.3, -0.25) is 14.5 Å². The van der Waals surface area contributed by atoms with Gasteiger partial charge in [0.25, 0.3) is 11.8 Å². The first-order valence-corrected chi connectivity index (χ1v) is 11.8. The summed E-state index contributed by atoms with van der Waals surface area (Å²) >= 11 is 1.02. The van der Waals surface area contributed by atoms with E-state index in [1.54, 1.807) is 36.3 Å². The fourth-order valence-corrected chi connectivity index (χ4v) is 4.49. The van der Waals surface area contributed by atoms with Crippen molar-refractivity contribution in [3.63, 3.8) is 0 Å². The molecule has 0 spiro atoms. The monoisotopic (exact) mass is 486 g/mol. The van der Waals surface area contributed by atoms with Gasteiger partial charge >= 0.3 is 0 Å². The Labute approximate surface area is 206 Å². The SMILES string of the molecule is COc1ccc(-c2nnsc2C(=O)N2C[C@H](C(=O)NCc3ccccc3)Oc3ccccc32)cc1. The largest absolute Gasteiger partial charge is 0.497 e. The van der Waals surface area contributed by atoms with E-state index in [-0.39, 0.29) is 18.4 Å². The highest BCUT2D eigenvalue weighted by molar-refractivity contribution is 7.08. The maximum absolute atomic E-state index is 13.7. The third-order valence-electron chi connectivity index (χ3n) is 5.67. The van der Waals surface area contributed by atoms with E-state index < -0.39 is 6.10 Å². The quantitative estimate of drug-likeness (QED) is 0.444. The van der Waals surface area contributed by atoms with Crippen molar-refractivity contribution in [3.05, 3.63) is 89.3 Å². The first-order valence-electron chi connectivity index (χ1n) is 11.0. The number of benzene rings is 3. The average Bonchev–Trinajstić information content (AvgIpc) is 3.41. The molecule has 2 heterocycles. The summed E-state index contributed by atoms with van der Waals surface area (Å²) < 4.78 is 15.2. The lowest BCUT2D eigenvalue weighted by atomic mass is 10.1. The number of fused-ring (bicyclic) bond motifs is 1. The van der Waals surface area contributed by atoms with E-state index >= 15 is 0 Å². The number of carbonyl (C=O) groups excluding carboxylic acids is 2. The molecule has 0 bridgehead atoms. The maximum atomic E-state index is 13.7. The maximum Gasteiger partial charge on any atom is 0.272 e.